The number of aromatic nitrogens is 2. The molecular formula is C14H22N4O2. The van der Waals surface area contributed by atoms with Crippen LogP contribution in [0.4, 0.5) is 0 Å². The normalized spacial score (nSPS) is 19.9. The monoisotopic (exact) mass is 278 g/mol. The van der Waals surface area contributed by atoms with Gasteiger partial charge in [0, 0.05) is 12.0 Å². The summed E-state index contributed by atoms with van der Waals surface area (Å²) in [5.41, 5.74) is 5.81. The molecule has 0 unspecified atom stereocenters. The second kappa shape index (κ2) is 5.26. The summed E-state index contributed by atoms with van der Waals surface area (Å²) in [6, 6.07) is 1.61. The standard InChI is InChI=1S/C14H22N4O2/c1-14(2,3)13(20)18-7-5-4-6-11(18)9-8-10(12(15)19)17-16-9/h8,11H,4-7H2,1-3H3,(H2,15,19)(H,16,17)/t11-/m0/s1. The van der Waals surface area contributed by atoms with Crippen molar-refractivity contribution in [3.05, 3.63) is 17.5 Å². The van der Waals surface area contributed by atoms with Gasteiger partial charge in [-0.1, -0.05) is 20.8 Å². The summed E-state index contributed by atoms with van der Waals surface area (Å²) < 4.78 is 0. The molecule has 0 aromatic carbocycles. The van der Waals surface area contributed by atoms with E-state index in [2.05, 4.69) is 10.2 Å². The summed E-state index contributed by atoms with van der Waals surface area (Å²) in [7, 11) is 0. The number of likely N-dealkylation sites (tertiary alicyclic amines) is 1. The van der Waals surface area contributed by atoms with Gasteiger partial charge in [-0.25, -0.2) is 0 Å². The lowest BCUT2D eigenvalue weighted by atomic mass is 9.90. The maximum absolute atomic E-state index is 12.5. The third-order valence-corrected chi connectivity index (χ3v) is 3.61. The van der Waals surface area contributed by atoms with E-state index in [1.165, 1.54) is 0 Å². The van der Waals surface area contributed by atoms with Crippen molar-refractivity contribution in [3.63, 3.8) is 0 Å². The van der Waals surface area contributed by atoms with E-state index in [0.29, 0.717) is 0 Å². The molecule has 0 radical (unpaired) electrons. The number of aromatic amines is 1. The Hall–Kier alpha value is -1.85. The van der Waals surface area contributed by atoms with Gasteiger partial charge in [0.15, 0.2) is 0 Å². The van der Waals surface area contributed by atoms with Crippen molar-refractivity contribution in [2.75, 3.05) is 6.54 Å². The van der Waals surface area contributed by atoms with Crippen molar-refractivity contribution in [1.29, 1.82) is 0 Å². The Morgan fingerprint density at radius 2 is 2.10 bits per heavy atom. The van der Waals surface area contributed by atoms with Crippen molar-refractivity contribution in [1.82, 2.24) is 15.1 Å². The quantitative estimate of drug-likeness (QED) is 0.860. The fourth-order valence-corrected chi connectivity index (χ4v) is 2.56. The van der Waals surface area contributed by atoms with Crippen molar-refractivity contribution < 1.29 is 9.59 Å². The van der Waals surface area contributed by atoms with Crippen LogP contribution < -0.4 is 5.73 Å². The Morgan fingerprint density at radius 3 is 2.65 bits per heavy atom. The molecule has 2 amide bonds. The molecule has 3 N–H and O–H groups in total. The van der Waals surface area contributed by atoms with Crippen molar-refractivity contribution in [2.45, 2.75) is 46.1 Å². The molecule has 110 valence electrons. The molecular weight excluding hydrogens is 256 g/mol. The number of carbonyl (C=O) groups is 2. The number of hydrogen-bond acceptors (Lipinski definition) is 3. The molecule has 0 spiro atoms. The zero-order valence-electron chi connectivity index (χ0n) is 12.3. The molecule has 0 saturated carbocycles. The van der Waals surface area contributed by atoms with Crippen LogP contribution in [0.1, 0.15) is 62.3 Å². The third-order valence-electron chi connectivity index (χ3n) is 3.61. The van der Waals surface area contributed by atoms with E-state index in [1.807, 2.05) is 25.7 Å². The number of piperidine rings is 1. The molecule has 1 atom stereocenters. The second-order valence-corrected chi connectivity index (χ2v) is 6.33. The van der Waals surface area contributed by atoms with Crippen LogP contribution in [0, 0.1) is 5.41 Å². The first-order valence-corrected chi connectivity index (χ1v) is 6.97. The van der Waals surface area contributed by atoms with Gasteiger partial charge in [-0.3, -0.25) is 14.7 Å². The maximum atomic E-state index is 12.5. The molecule has 2 rings (SSSR count). The van der Waals surface area contributed by atoms with Crippen LogP contribution in [-0.4, -0.2) is 33.5 Å². The van der Waals surface area contributed by atoms with Gasteiger partial charge in [0.1, 0.15) is 5.69 Å². The Bertz CT molecular complexity index is 515. The fraction of sp³-hybridized carbons (Fsp3) is 0.643. The predicted molar refractivity (Wildman–Crippen MR) is 74.9 cm³/mol. The van der Waals surface area contributed by atoms with E-state index in [1.54, 1.807) is 6.07 Å². The first-order chi connectivity index (χ1) is 9.30. The highest BCUT2D eigenvalue weighted by Gasteiger charge is 2.35. The topological polar surface area (TPSA) is 92.1 Å². The van der Waals surface area contributed by atoms with Crippen LogP contribution in [0.5, 0.6) is 0 Å². The number of nitrogens with two attached hydrogens (primary N) is 1. The van der Waals surface area contributed by atoms with Crippen LogP contribution >= 0.6 is 0 Å². The van der Waals surface area contributed by atoms with E-state index in [9.17, 15) is 9.59 Å². The molecule has 1 aromatic heterocycles. The van der Waals surface area contributed by atoms with Crippen LogP contribution in [0.25, 0.3) is 0 Å². The number of carbonyl (C=O) groups excluding carboxylic acids is 2. The van der Waals surface area contributed by atoms with E-state index in [0.717, 1.165) is 31.5 Å². The number of primary amides is 1. The molecule has 6 heteroatoms. The molecule has 0 bridgehead atoms. The largest absolute Gasteiger partial charge is 0.364 e. The minimum atomic E-state index is -0.558. The summed E-state index contributed by atoms with van der Waals surface area (Å²) in [5, 5.41) is 6.76. The highest BCUT2D eigenvalue weighted by atomic mass is 16.2. The van der Waals surface area contributed by atoms with Crippen LogP contribution in [0.3, 0.4) is 0 Å². The molecule has 1 aliphatic rings. The highest BCUT2D eigenvalue weighted by molar-refractivity contribution is 5.90. The Morgan fingerprint density at radius 1 is 1.40 bits per heavy atom. The molecule has 0 aliphatic carbocycles. The number of nitrogens with zero attached hydrogens (tertiary/aromatic N) is 2. The Labute approximate surface area is 118 Å². The fourth-order valence-electron chi connectivity index (χ4n) is 2.56. The van der Waals surface area contributed by atoms with Crippen molar-refractivity contribution >= 4 is 11.8 Å². The van der Waals surface area contributed by atoms with Gasteiger partial charge in [-0.05, 0) is 25.3 Å². The van der Waals surface area contributed by atoms with Crippen molar-refractivity contribution in [2.24, 2.45) is 11.1 Å². The van der Waals surface area contributed by atoms with E-state index >= 15 is 0 Å². The van der Waals surface area contributed by atoms with E-state index in [4.69, 9.17) is 5.73 Å². The second-order valence-electron chi connectivity index (χ2n) is 6.33. The minimum Gasteiger partial charge on any atom is -0.364 e. The average molecular weight is 278 g/mol. The van der Waals surface area contributed by atoms with Gasteiger partial charge in [0.2, 0.25) is 5.91 Å². The molecule has 1 fully saturated rings. The summed E-state index contributed by atoms with van der Waals surface area (Å²) in [6.45, 7) is 6.50. The summed E-state index contributed by atoms with van der Waals surface area (Å²) in [5.74, 6) is -0.436. The molecule has 2 heterocycles. The number of H-pyrrole nitrogens is 1. The van der Waals surface area contributed by atoms with Gasteiger partial charge in [0.25, 0.3) is 5.91 Å². The predicted octanol–water partition coefficient (Wildman–Crippen LogP) is 1.61. The molecule has 1 aromatic rings. The molecule has 20 heavy (non-hydrogen) atoms. The van der Waals surface area contributed by atoms with E-state index < -0.39 is 11.3 Å². The Balaban J connectivity index is 2.26. The van der Waals surface area contributed by atoms with Gasteiger partial charge in [0.05, 0.1) is 11.7 Å². The number of hydrogen-bond donors (Lipinski definition) is 2. The van der Waals surface area contributed by atoms with Gasteiger partial charge < -0.3 is 10.6 Å². The first-order valence-electron chi connectivity index (χ1n) is 6.97. The maximum Gasteiger partial charge on any atom is 0.269 e. The smallest absolute Gasteiger partial charge is 0.269 e. The summed E-state index contributed by atoms with van der Waals surface area (Å²) in [6.07, 6.45) is 2.95. The Kier molecular flexibility index (Phi) is 3.83. The van der Waals surface area contributed by atoms with Gasteiger partial charge in [-0.15, -0.1) is 0 Å². The van der Waals surface area contributed by atoms with Crippen LogP contribution in [0.2, 0.25) is 0 Å². The zero-order valence-corrected chi connectivity index (χ0v) is 12.3. The molecule has 6 nitrogen and oxygen atoms in total. The molecule has 1 aliphatic heterocycles. The number of nitrogens with one attached hydrogen (secondary N) is 1. The van der Waals surface area contributed by atoms with Crippen LogP contribution in [-0.2, 0) is 4.79 Å². The lowest BCUT2D eigenvalue weighted by Gasteiger charge is -2.38. The summed E-state index contributed by atoms with van der Waals surface area (Å²) in [4.78, 5) is 25.6. The number of rotatable bonds is 2. The lowest BCUT2D eigenvalue weighted by molar-refractivity contribution is -0.143. The average Bonchev–Trinajstić information content (AvgIpc) is 2.86. The van der Waals surface area contributed by atoms with Crippen LogP contribution in [0.15, 0.2) is 6.07 Å². The minimum absolute atomic E-state index is 0.0453. The van der Waals surface area contributed by atoms with Crippen molar-refractivity contribution in [3.8, 4) is 0 Å². The van der Waals surface area contributed by atoms with Gasteiger partial charge >= 0.3 is 0 Å². The highest BCUT2D eigenvalue weighted by Crippen LogP contribution is 2.33. The lowest BCUT2D eigenvalue weighted by Crippen LogP contribution is -2.44. The first kappa shape index (κ1) is 14.6. The van der Waals surface area contributed by atoms with Gasteiger partial charge in [-0.2, -0.15) is 5.10 Å². The van der Waals surface area contributed by atoms with E-state index in [-0.39, 0.29) is 17.6 Å². The molecule has 1 saturated heterocycles. The number of amides is 2. The summed E-state index contributed by atoms with van der Waals surface area (Å²) >= 11 is 0. The zero-order chi connectivity index (χ0) is 14.9. The SMILES string of the molecule is CC(C)(C)C(=O)N1CCCC[C@H]1c1cc(C(N)=O)n[nH]1. The third kappa shape index (κ3) is 2.84.